The van der Waals surface area contributed by atoms with Crippen molar-refractivity contribution in [2.45, 2.75) is 68.5 Å². The van der Waals surface area contributed by atoms with E-state index in [4.69, 9.17) is 14.7 Å². The fourth-order valence-electron chi connectivity index (χ4n) is 4.10. The number of rotatable bonds is 12. The molecule has 0 bridgehead atoms. The summed E-state index contributed by atoms with van der Waals surface area (Å²) in [6, 6.07) is 15.1. The smallest absolute Gasteiger partial charge is 0.243 e. The summed E-state index contributed by atoms with van der Waals surface area (Å²) in [6.45, 7) is 1.92. The van der Waals surface area contributed by atoms with Crippen LogP contribution in [-0.2, 0) is 25.7 Å². The van der Waals surface area contributed by atoms with E-state index < -0.39 is 12.2 Å². The van der Waals surface area contributed by atoms with Gasteiger partial charge in [0.05, 0.1) is 18.8 Å². The average molecular weight is 573 g/mol. The monoisotopic (exact) mass is 572 g/mol. The molecule has 1 saturated heterocycles. The summed E-state index contributed by atoms with van der Waals surface area (Å²) in [5, 5.41) is 30.0. The van der Waals surface area contributed by atoms with Crippen molar-refractivity contribution < 1.29 is 29.4 Å². The molecule has 3 unspecified atom stereocenters. The van der Waals surface area contributed by atoms with Crippen molar-refractivity contribution in [1.82, 2.24) is 15.7 Å². The van der Waals surface area contributed by atoms with Crippen molar-refractivity contribution in [3.8, 4) is 0 Å². The van der Waals surface area contributed by atoms with E-state index in [9.17, 15) is 14.7 Å². The lowest BCUT2D eigenvalue weighted by atomic mass is 10.0. The van der Waals surface area contributed by atoms with Gasteiger partial charge in [-0.1, -0.05) is 59.5 Å². The minimum atomic E-state index is -0.592. The number of benzene rings is 2. The number of carbonyl (C=O) groups is 2. The van der Waals surface area contributed by atoms with Crippen LogP contribution in [0.15, 0.2) is 52.9 Å². The highest BCUT2D eigenvalue weighted by Crippen LogP contribution is 2.39. The zero-order valence-corrected chi connectivity index (χ0v) is 23.2. The van der Waals surface area contributed by atoms with Crippen LogP contribution in [0, 0.1) is 6.92 Å². The van der Waals surface area contributed by atoms with Gasteiger partial charge in [0.2, 0.25) is 11.8 Å². The topological polar surface area (TPSA) is 143 Å². The molecular weight excluding hydrogens is 540 g/mol. The SMILES string of the molecule is Cc1nnc(SCC2CC(c3ccc(CO)cc3)OC(c3ccc(NC(=O)CCCCC(=O)NO)cc3)O2)s1. The van der Waals surface area contributed by atoms with Crippen molar-refractivity contribution >= 4 is 40.6 Å². The number of hydroxylamine groups is 1. The summed E-state index contributed by atoms with van der Waals surface area (Å²) in [5.74, 6) is 0.0970. The number of aliphatic hydroxyl groups excluding tert-OH is 1. The van der Waals surface area contributed by atoms with Gasteiger partial charge in [0.15, 0.2) is 10.6 Å². The van der Waals surface area contributed by atoms with Crippen LogP contribution in [0.1, 0.15) is 66.2 Å². The van der Waals surface area contributed by atoms with Crippen LogP contribution in [0.25, 0.3) is 0 Å². The Hall–Kier alpha value is -2.87. The second kappa shape index (κ2) is 14.5. The molecule has 0 aliphatic carbocycles. The molecule has 39 heavy (non-hydrogen) atoms. The number of aryl methyl sites for hydroxylation is 1. The Morgan fingerprint density at radius 2 is 1.69 bits per heavy atom. The number of carbonyl (C=O) groups excluding carboxylic acids is 2. The minimum Gasteiger partial charge on any atom is -0.392 e. The molecule has 4 rings (SSSR count). The normalized spacial score (nSPS) is 19.0. The Labute approximate surface area is 235 Å². The van der Waals surface area contributed by atoms with Gasteiger partial charge in [-0.2, -0.15) is 0 Å². The molecule has 1 fully saturated rings. The van der Waals surface area contributed by atoms with Crippen molar-refractivity contribution in [3.63, 3.8) is 0 Å². The number of nitrogens with one attached hydrogen (secondary N) is 2. The third-order valence-electron chi connectivity index (χ3n) is 6.16. The lowest BCUT2D eigenvalue weighted by Gasteiger charge is -2.36. The zero-order valence-electron chi connectivity index (χ0n) is 21.5. The van der Waals surface area contributed by atoms with Gasteiger partial charge in [0, 0.05) is 36.3 Å². The predicted octanol–water partition coefficient (Wildman–Crippen LogP) is 4.68. The number of amides is 2. The summed E-state index contributed by atoms with van der Waals surface area (Å²) in [6.07, 6.45) is 1.30. The predicted molar refractivity (Wildman–Crippen MR) is 147 cm³/mol. The number of thioether (sulfide) groups is 1. The van der Waals surface area contributed by atoms with Gasteiger partial charge in [0.25, 0.3) is 0 Å². The Morgan fingerprint density at radius 3 is 2.33 bits per heavy atom. The molecule has 2 heterocycles. The van der Waals surface area contributed by atoms with E-state index in [1.807, 2.05) is 55.5 Å². The van der Waals surface area contributed by atoms with Gasteiger partial charge in [0.1, 0.15) is 5.01 Å². The first kappa shape index (κ1) is 29.1. The number of nitrogens with zero attached hydrogens (tertiary/aromatic N) is 2. The molecule has 0 spiro atoms. The summed E-state index contributed by atoms with van der Waals surface area (Å²) in [5.41, 5.74) is 4.93. The van der Waals surface area contributed by atoms with Crippen molar-refractivity contribution in [3.05, 3.63) is 70.2 Å². The maximum Gasteiger partial charge on any atom is 0.243 e. The number of aromatic nitrogens is 2. The lowest BCUT2D eigenvalue weighted by Crippen LogP contribution is -2.31. The second-order valence-electron chi connectivity index (χ2n) is 9.16. The number of hydrogen-bond donors (Lipinski definition) is 4. The van der Waals surface area contributed by atoms with Gasteiger partial charge < -0.3 is 19.9 Å². The van der Waals surface area contributed by atoms with Crippen LogP contribution < -0.4 is 10.8 Å². The van der Waals surface area contributed by atoms with Crippen LogP contribution >= 0.6 is 23.1 Å². The molecule has 3 atom stereocenters. The summed E-state index contributed by atoms with van der Waals surface area (Å²) in [7, 11) is 0. The lowest BCUT2D eigenvalue weighted by molar-refractivity contribution is -0.245. The van der Waals surface area contributed by atoms with E-state index in [1.54, 1.807) is 28.6 Å². The minimum absolute atomic E-state index is 0.0121. The number of unbranched alkanes of at least 4 members (excludes halogenated alkanes) is 1. The highest BCUT2D eigenvalue weighted by atomic mass is 32.2. The van der Waals surface area contributed by atoms with Crippen LogP contribution in [0.5, 0.6) is 0 Å². The van der Waals surface area contributed by atoms with Crippen molar-refractivity contribution in [2.24, 2.45) is 0 Å². The highest BCUT2D eigenvalue weighted by molar-refractivity contribution is 8.01. The molecule has 4 N–H and O–H groups in total. The van der Waals surface area contributed by atoms with Gasteiger partial charge in [-0.25, -0.2) is 5.48 Å². The first-order valence-electron chi connectivity index (χ1n) is 12.7. The largest absolute Gasteiger partial charge is 0.392 e. The van der Waals surface area contributed by atoms with E-state index >= 15 is 0 Å². The van der Waals surface area contributed by atoms with Crippen LogP contribution in [-0.4, -0.2) is 44.2 Å². The maximum atomic E-state index is 12.3. The third-order valence-corrected chi connectivity index (χ3v) is 8.27. The Morgan fingerprint density at radius 1 is 1.00 bits per heavy atom. The molecule has 208 valence electrons. The quantitative estimate of drug-likeness (QED) is 0.105. The first-order valence-corrected chi connectivity index (χ1v) is 14.5. The maximum absolute atomic E-state index is 12.3. The number of ether oxygens (including phenoxy) is 2. The van der Waals surface area contributed by atoms with Gasteiger partial charge >= 0.3 is 0 Å². The molecule has 1 aliphatic rings. The molecule has 0 radical (unpaired) electrons. The molecule has 10 nitrogen and oxygen atoms in total. The molecule has 0 saturated carbocycles. The first-order chi connectivity index (χ1) is 18.9. The van der Waals surface area contributed by atoms with E-state index in [0.29, 0.717) is 30.7 Å². The summed E-state index contributed by atoms with van der Waals surface area (Å²) < 4.78 is 13.6. The van der Waals surface area contributed by atoms with Crippen molar-refractivity contribution in [1.29, 1.82) is 0 Å². The number of aliphatic hydroxyl groups is 1. The standard InChI is InChI=1S/C27H32N4O6S2/c1-17-29-30-27(39-17)38-16-22-14-23(19-8-6-18(15-32)7-9-19)37-26(36-22)20-10-12-21(13-11-20)28-24(33)4-2-3-5-25(34)31-35/h6-13,22-23,26,32,35H,2-5,14-16H2,1H3,(H,28,33)(H,31,34). The molecule has 2 amide bonds. The van der Waals surface area contributed by atoms with E-state index in [0.717, 1.165) is 26.0 Å². The van der Waals surface area contributed by atoms with E-state index in [1.165, 1.54) is 0 Å². The van der Waals surface area contributed by atoms with Gasteiger partial charge in [-0.15, -0.1) is 10.2 Å². The molecule has 1 aliphatic heterocycles. The molecule has 3 aromatic rings. The van der Waals surface area contributed by atoms with E-state index in [2.05, 4.69) is 15.5 Å². The van der Waals surface area contributed by atoms with Crippen molar-refractivity contribution in [2.75, 3.05) is 11.1 Å². The van der Waals surface area contributed by atoms with Crippen LogP contribution in [0.4, 0.5) is 5.69 Å². The third kappa shape index (κ3) is 8.82. The fraction of sp³-hybridized carbons (Fsp3) is 0.407. The number of hydrogen-bond acceptors (Lipinski definition) is 10. The molecule has 2 aromatic carbocycles. The molecular formula is C27H32N4O6S2. The molecule has 1 aromatic heterocycles. The second-order valence-corrected chi connectivity index (χ2v) is 11.6. The highest BCUT2D eigenvalue weighted by Gasteiger charge is 2.32. The summed E-state index contributed by atoms with van der Waals surface area (Å²) >= 11 is 3.17. The van der Waals surface area contributed by atoms with Crippen LogP contribution in [0.3, 0.4) is 0 Å². The zero-order chi connectivity index (χ0) is 27.6. The van der Waals surface area contributed by atoms with Gasteiger partial charge in [-0.05, 0) is 43.0 Å². The Kier molecular flexibility index (Phi) is 10.8. The van der Waals surface area contributed by atoms with E-state index in [-0.39, 0.29) is 37.6 Å². The average Bonchev–Trinajstić information content (AvgIpc) is 3.39. The number of anilines is 1. The van der Waals surface area contributed by atoms with Gasteiger partial charge in [-0.3, -0.25) is 14.8 Å². The Bertz CT molecular complexity index is 1220. The van der Waals surface area contributed by atoms with Crippen LogP contribution in [0.2, 0.25) is 0 Å². The fourth-order valence-corrected chi connectivity index (χ4v) is 5.96. The molecule has 12 heteroatoms. The Balaban J connectivity index is 1.39. The summed E-state index contributed by atoms with van der Waals surface area (Å²) in [4.78, 5) is 23.3.